The molecule has 0 aromatic heterocycles. The number of likely N-dealkylation sites (N-methyl/N-ethyl adjacent to an activating group) is 1. The molecule has 0 aliphatic carbocycles. The Morgan fingerprint density at radius 2 is 1.75 bits per heavy atom. The van der Waals surface area contributed by atoms with Gasteiger partial charge in [-0.15, -0.1) is 0 Å². The lowest BCUT2D eigenvalue weighted by molar-refractivity contribution is -0.151. The number of hydrogen-bond donors (Lipinski definition) is 0. The highest BCUT2D eigenvalue weighted by atomic mass is 35.5. The molecule has 0 saturated heterocycles. The van der Waals surface area contributed by atoms with Crippen LogP contribution >= 0.6 is 11.6 Å². The van der Waals surface area contributed by atoms with Gasteiger partial charge in [-0.25, -0.2) is 0 Å². The molecule has 2 unspecified atom stereocenters. The summed E-state index contributed by atoms with van der Waals surface area (Å²) in [6, 6.07) is 7.40. The fraction of sp³-hybridized carbons (Fsp3) is 0.562. The zero-order valence-corrected chi connectivity index (χ0v) is 13.6. The summed E-state index contributed by atoms with van der Waals surface area (Å²) in [5, 5.41) is 0.672. The van der Waals surface area contributed by atoms with E-state index in [1.54, 1.807) is 0 Å². The van der Waals surface area contributed by atoms with Gasteiger partial charge in [0.05, 0.1) is 5.92 Å². The van der Waals surface area contributed by atoms with E-state index >= 15 is 0 Å². The molecule has 3 nitrogen and oxygen atoms in total. The largest absolute Gasteiger partial charge is 0.461 e. The van der Waals surface area contributed by atoms with Crippen LogP contribution in [0.3, 0.4) is 0 Å². The van der Waals surface area contributed by atoms with Gasteiger partial charge in [0.25, 0.3) is 0 Å². The Morgan fingerprint density at radius 1 is 1.20 bits per heavy atom. The highest BCUT2D eigenvalue weighted by molar-refractivity contribution is 6.30. The van der Waals surface area contributed by atoms with Crippen molar-refractivity contribution in [2.24, 2.45) is 5.92 Å². The summed E-state index contributed by atoms with van der Waals surface area (Å²) < 4.78 is 5.56. The minimum absolute atomic E-state index is 0.119. The molecule has 0 aliphatic heterocycles. The van der Waals surface area contributed by atoms with Crippen LogP contribution in [0.15, 0.2) is 24.3 Å². The van der Waals surface area contributed by atoms with Crippen molar-refractivity contribution in [3.8, 4) is 0 Å². The smallest absolute Gasteiger partial charge is 0.313 e. The topological polar surface area (TPSA) is 29.5 Å². The number of ether oxygens (including phenoxy) is 1. The molecule has 0 saturated carbocycles. The Morgan fingerprint density at radius 3 is 2.20 bits per heavy atom. The number of nitrogens with zero attached hydrogens (tertiary/aromatic N) is 1. The van der Waals surface area contributed by atoms with E-state index in [-0.39, 0.29) is 23.9 Å². The number of rotatable bonds is 6. The number of esters is 1. The lowest BCUT2D eigenvalue weighted by atomic mass is 9.88. The first-order chi connectivity index (χ1) is 9.31. The fourth-order valence-electron chi connectivity index (χ4n) is 2.29. The van der Waals surface area contributed by atoms with E-state index in [2.05, 4.69) is 0 Å². The molecular formula is C16H24ClNO2. The van der Waals surface area contributed by atoms with Crippen LogP contribution in [0, 0.1) is 5.92 Å². The van der Waals surface area contributed by atoms with Crippen molar-refractivity contribution in [1.29, 1.82) is 0 Å². The fourth-order valence-corrected chi connectivity index (χ4v) is 2.41. The van der Waals surface area contributed by atoms with Crippen LogP contribution in [0.5, 0.6) is 0 Å². The van der Waals surface area contributed by atoms with Gasteiger partial charge in [-0.3, -0.25) is 4.79 Å². The molecule has 2 atom stereocenters. The van der Waals surface area contributed by atoms with Gasteiger partial charge in [0.1, 0.15) is 6.10 Å². The highest BCUT2D eigenvalue weighted by Crippen LogP contribution is 2.27. The minimum atomic E-state index is -0.253. The van der Waals surface area contributed by atoms with E-state index in [9.17, 15) is 4.79 Å². The van der Waals surface area contributed by atoms with Crippen LogP contribution in [-0.4, -0.2) is 37.6 Å². The average molecular weight is 298 g/mol. The van der Waals surface area contributed by atoms with E-state index in [1.165, 1.54) is 0 Å². The summed E-state index contributed by atoms with van der Waals surface area (Å²) in [6.07, 6.45) is -0.119. The number of benzene rings is 1. The second kappa shape index (κ2) is 7.65. The van der Waals surface area contributed by atoms with Gasteiger partial charge in [0.15, 0.2) is 0 Å². The van der Waals surface area contributed by atoms with Crippen LogP contribution in [0.4, 0.5) is 0 Å². The molecule has 112 valence electrons. The quantitative estimate of drug-likeness (QED) is 0.752. The lowest BCUT2D eigenvalue weighted by Gasteiger charge is -2.24. The van der Waals surface area contributed by atoms with Crippen LogP contribution in [-0.2, 0) is 9.53 Å². The molecule has 0 heterocycles. The van der Waals surface area contributed by atoms with Crippen molar-refractivity contribution in [1.82, 2.24) is 4.90 Å². The minimum Gasteiger partial charge on any atom is -0.461 e. The first-order valence-corrected chi connectivity index (χ1v) is 7.29. The molecule has 0 radical (unpaired) electrons. The number of halogens is 1. The van der Waals surface area contributed by atoms with Gasteiger partial charge < -0.3 is 9.64 Å². The SMILES string of the molecule is CC(CN(C)C)OC(=O)C(c1ccc(Cl)cc1)C(C)C. The van der Waals surface area contributed by atoms with Gasteiger partial charge in [-0.2, -0.15) is 0 Å². The lowest BCUT2D eigenvalue weighted by Crippen LogP contribution is -2.31. The molecule has 1 aromatic rings. The van der Waals surface area contributed by atoms with Crippen molar-refractivity contribution in [3.05, 3.63) is 34.9 Å². The second-order valence-corrected chi connectivity index (χ2v) is 6.22. The Kier molecular flexibility index (Phi) is 6.50. The van der Waals surface area contributed by atoms with Gasteiger partial charge in [-0.05, 0) is 44.6 Å². The molecule has 4 heteroatoms. The Labute approximate surface area is 126 Å². The van der Waals surface area contributed by atoms with E-state index in [0.717, 1.165) is 12.1 Å². The maximum absolute atomic E-state index is 12.4. The van der Waals surface area contributed by atoms with Crippen molar-refractivity contribution < 1.29 is 9.53 Å². The molecule has 0 N–H and O–H groups in total. The average Bonchev–Trinajstić information content (AvgIpc) is 2.30. The molecule has 0 spiro atoms. The van der Waals surface area contributed by atoms with Crippen molar-refractivity contribution in [2.75, 3.05) is 20.6 Å². The van der Waals surface area contributed by atoms with E-state index in [0.29, 0.717) is 5.02 Å². The summed E-state index contributed by atoms with van der Waals surface area (Å²) in [4.78, 5) is 14.4. The standard InChI is InChI=1S/C16H24ClNO2/c1-11(2)15(13-6-8-14(17)9-7-13)16(19)20-12(3)10-18(4)5/h6-9,11-12,15H,10H2,1-5H3. The molecule has 20 heavy (non-hydrogen) atoms. The number of hydrogen-bond acceptors (Lipinski definition) is 3. The number of carbonyl (C=O) groups is 1. The van der Waals surface area contributed by atoms with Gasteiger partial charge in [0, 0.05) is 11.6 Å². The van der Waals surface area contributed by atoms with E-state index < -0.39 is 0 Å². The summed E-state index contributed by atoms with van der Waals surface area (Å²) in [6.45, 7) is 6.68. The van der Waals surface area contributed by atoms with E-state index in [4.69, 9.17) is 16.3 Å². The van der Waals surface area contributed by atoms with Crippen molar-refractivity contribution >= 4 is 17.6 Å². The molecule has 1 aromatic carbocycles. The molecule has 0 bridgehead atoms. The van der Waals surface area contributed by atoms with Crippen LogP contribution in [0.2, 0.25) is 5.02 Å². The Bertz CT molecular complexity index is 429. The second-order valence-electron chi connectivity index (χ2n) is 5.78. The van der Waals surface area contributed by atoms with Gasteiger partial charge >= 0.3 is 5.97 Å². The first kappa shape index (κ1) is 17.0. The predicted molar refractivity (Wildman–Crippen MR) is 83.1 cm³/mol. The monoisotopic (exact) mass is 297 g/mol. The number of carbonyl (C=O) groups excluding carboxylic acids is 1. The van der Waals surface area contributed by atoms with E-state index in [1.807, 2.05) is 64.0 Å². The van der Waals surface area contributed by atoms with Crippen LogP contribution < -0.4 is 0 Å². The van der Waals surface area contributed by atoms with Gasteiger partial charge in [-0.1, -0.05) is 37.6 Å². The summed E-state index contributed by atoms with van der Waals surface area (Å²) in [5.74, 6) is -0.246. The zero-order valence-electron chi connectivity index (χ0n) is 12.9. The highest BCUT2D eigenvalue weighted by Gasteiger charge is 2.27. The van der Waals surface area contributed by atoms with Crippen molar-refractivity contribution in [3.63, 3.8) is 0 Å². The third-order valence-corrected chi connectivity index (χ3v) is 3.34. The normalized spacial score (nSPS) is 14.4. The molecule has 1 rings (SSSR count). The third kappa shape index (κ3) is 5.14. The maximum Gasteiger partial charge on any atom is 0.313 e. The van der Waals surface area contributed by atoms with Crippen LogP contribution in [0.1, 0.15) is 32.3 Å². The molecule has 0 aliphatic rings. The van der Waals surface area contributed by atoms with Gasteiger partial charge in [0.2, 0.25) is 0 Å². The Hall–Kier alpha value is -1.06. The molecular weight excluding hydrogens is 274 g/mol. The predicted octanol–water partition coefficient (Wildman–Crippen LogP) is 3.57. The first-order valence-electron chi connectivity index (χ1n) is 6.92. The third-order valence-electron chi connectivity index (χ3n) is 3.09. The zero-order chi connectivity index (χ0) is 15.3. The maximum atomic E-state index is 12.4. The summed E-state index contributed by atoms with van der Waals surface area (Å²) in [7, 11) is 3.92. The summed E-state index contributed by atoms with van der Waals surface area (Å²) >= 11 is 5.90. The molecule has 0 amide bonds. The van der Waals surface area contributed by atoms with Crippen LogP contribution in [0.25, 0.3) is 0 Å². The summed E-state index contributed by atoms with van der Waals surface area (Å²) in [5.41, 5.74) is 0.950. The van der Waals surface area contributed by atoms with Crippen molar-refractivity contribution in [2.45, 2.75) is 32.8 Å². The Balaban J connectivity index is 2.80. The molecule has 0 fully saturated rings.